The number of rotatable bonds is 8. The minimum absolute atomic E-state index is 0.0179. The van der Waals surface area contributed by atoms with Gasteiger partial charge < -0.3 is 4.90 Å². The van der Waals surface area contributed by atoms with Gasteiger partial charge >= 0.3 is 0 Å². The molecule has 26 heavy (non-hydrogen) atoms. The van der Waals surface area contributed by atoms with Crippen LogP contribution >= 0.6 is 0 Å². The molecule has 0 saturated carbocycles. The first kappa shape index (κ1) is 19.9. The van der Waals surface area contributed by atoms with Crippen molar-refractivity contribution in [1.82, 2.24) is 4.90 Å². The molecular weight excluding hydrogens is 355 g/mol. The molecule has 5 nitrogen and oxygen atoms in total. The smallest absolute Gasteiger partial charge is 0.261 e. The Morgan fingerprint density at radius 1 is 1.08 bits per heavy atom. The topological polar surface area (TPSA) is 66.5 Å². The van der Waals surface area contributed by atoms with Crippen molar-refractivity contribution >= 4 is 21.6 Å². The average molecular weight is 378 g/mol. The normalized spacial score (nSPS) is 11.2. The Morgan fingerprint density at radius 3 is 2.27 bits per heavy atom. The molecule has 0 bridgehead atoms. The summed E-state index contributed by atoms with van der Waals surface area (Å²) in [6.07, 6.45) is 2.26. The fourth-order valence-corrected chi connectivity index (χ4v) is 3.41. The second-order valence-electron chi connectivity index (χ2n) is 6.10. The minimum Gasteiger partial charge on any atom is -0.345 e. The average Bonchev–Trinajstić information content (AvgIpc) is 2.61. The zero-order valence-corrected chi connectivity index (χ0v) is 15.7. The fourth-order valence-electron chi connectivity index (χ4n) is 2.35. The van der Waals surface area contributed by atoms with Crippen LogP contribution in [0.4, 0.5) is 10.1 Å². The summed E-state index contributed by atoms with van der Waals surface area (Å²) in [6.45, 7) is 2.80. The number of carbonyl (C=O) groups is 1. The van der Waals surface area contributed by atoms with Crippen LogP contribution in [0.15, 0.2) is 53.4 Å². The predicted octanol–water partition coefficient (Wildman–Crippen LogP) is 3.43. The van der Waals surface area contributed by atoms with E-state index in [1.54, 1.807) is 36.2 Å². The van der Waals surface area contributed by atoms with Gasteiger partial charge in [0.05, 0.1) is 11.3 Å². The molecule has 0 heterocycles. The maximum atomic E-state index is 12.9. The van der Waals surface area contributed by atoms with Crippen LogP contribution in [0.5, 0.6) is 0 Å². The van der Waals surface area contributed by atoms with Gasteiger partial charge in [-0.15, -0.1) is 0 Å². The molecule has 0 aliphatic rings. The minimum atomic E-state index is -3.78. The second-order valence-corrected chi connectivity index (χ2v) is 7.78. The maximum absolute atomic E-state index is 12.9. The van der Waals surface area contributed by atoms with Crippen LogP contribution in [0.1, 0.15) is 25.3 Å². The van der Waals surface area contributed by atoms with Gasteiger partial charge in [-0.2, -0.15) is 0 Å². The molecular formula is C19H23FN2O3S. The first-order chi connectivity index (χ1) is 12.3. The lowest BCUT2D eigenvalue weighted by atomic mass is 10.1. The van der Waals surface area contributed by atoms with Crippen molar-refractivity contribution in [1.29, 1.82) is 0 Å². The number of halogens is 1. The summed E-state index contributed by atoms with van der Waals surface area (Å²) in [5.74, 6) is -0.472. The first-order valence-corrected chi connectivity index (χ1v) is 9.91. The number of nitrogens with zero attached hydrogens (tertiary/aromatic N) is 1. The van der Waals surface area contributed by atoms with Crippen LogP contribution in [0.3, 0.4) is 0 Å². The fraction of sp³-hybridized carbons (Fsp3) is 0.316. The summed E-state index contributed by atoms with van der Waals surface area (Å²) in [6, 6.07) is 11.2. The second kappa shape index (κ2) is 8.80. The van der Waals surface area contributed by atoms with Gasteiger partial charge in [0, 0.05) is 19.3 Å². The van der Waals surface area contributed by atoms with Crippen molar-refractivity contribution in [2.75, 3.05) is 18.3 Å². The molecule has 0 aliphatic carbocycles. The van der Waals surface area contributed by atoms with E-state index >= 15 is 0 Å². The first-order valence-electron chi connectivity index (χ1n) is 8.43. The molecule has 0 spiro atoms. The molecule has 2 aromatic carbocycles. The number of likely N-dealkylation sites (N-methyl/N-ethyl adjacent to an activating group) is 1. The van der Waals surface area contributed by atoms with Crippen molar-refractivity contribution < 1.29 is 17.6 Å². The highest BCUT2D eigenvalue weighted by atomic mass is 32.2. The third kappa shape index (κ3) is 5.56. The molecule has 0 radical (unpaired) electrons. The van der Waals surface area contributed by atoms with Gasteiger partial charge in [-0.1, -0.05) is 25.5 Å². The third-order valence-electron chi connectivity index (χ3n) is 3.96. The third-order valence-corrected chi connectivity index (χ3v) is 5.36. The SMILES string of the molecule is CCCCN(C)C(=O)Cc1ccc(NS(=O)(=O)c2ccc(F)cc2)cc1. The lowest BCUT2D eigenvalue weighted by Gasteiger charge is -2.16. The van der Waals surface area contributed by atoms with Crippen LogP contribution in [-0.4, -0.2) is 32.8 Å². The summed E-state index contributed by atoms with van der Waals surface area (Å²) in [5.41, 5.74) is 1.19. The Hall–Kier alpha value is -2.41. The molecule has 0 atom stereocenters. The standard InChI is InChI=1S/C19H23FN2O3S/c1-3-4-13-22(2)19(23)14-15-5-9-17(10-6-15)21-26(24,25)18-11-7-16(20)8-12-18/h5-12,21H,3-4,13-14H2,1-2H3. The Kier molecular flexibility index (Phi) is 6.74. The van der Waals surface area contributed by atoms with Gasteiger partial charge in [-0.25, -0.2) is 12.8 Å². The van der Waals surface area contributed by atoms with Crippen molar-refractivity contribution in [3.05, 3.63) is 59.9 Å². The molecule has 0 fully saturated rings. The molecule has 0 aliphatic heterocycles. The Bertz CT molecular complexity index is 834. The lowest BCUT2D eigenvalue weighted by Crippen LogP contribution is -2.29. The number of sulfonamides is 1. The zero-order valence-electron chi connectivity index (χ0n) is 14.9. The number of amides is 1. The Morgan fingerprint density at radius 2 is 1.69 bits per heavy atom. The molecule has 7 heteroatoms. The summed E-state index contributed by atoms with van der Waals surface area (Å²) in [4.78, 5) is 13.8. The van der Waals surface area contributed by atoms with Crippen LogP contribution in [-0.2, 0) is 21.2 Å². The van der Waals surface area contributed by atoms with Crippen LogP contribution < -0.4 is 4.72 Å². The van der Waals surface area contributed by atoms with Gasteiger partial charge in [0.1, 0.15) is 5.82 Å². The van der Waals surface area contributed by atoms with Gasteiger partial charge in [0.25, 0.3) is 10.0 Å². The highest BCUT2D eigenvalue weighted by Gasteiger charge is 2.14. The summed E-state index contributed by atoms with van der Waals surface area (Å²) >= 11 is 0. The van der Waals surface area contributed by atoms with E-state index in [-0.39, 0.29) is 17.2 Å². The van der Waals surface area contributed by atoms with E-state index in [2.05, 4.69) is 11.6 Å². The van der Waals surface area contributed by atoms with Crippen molar-refractivity contribution in [2.24, 2.45) is 0 Å². The Labute approximate surface area is 153 Å². The number of anilines is 1. The van der Waals surface area contributed by atoms with Crippen LogP contribution in [0, 0.1) is 5.82 Å². The monoisotopic (exact) mass is 378 g/mol. The van der Waals surface area contributed by atoms with Crippen molar-refractivity contribution in [3.8, 4) is 0 Å². The number of hydrogen-bond acceptors (Lipinski definition) is 3. The van der Waals surface area contributed by atoms with Gasteiger partial charge in [0.15, 0.2) is 0 Å². The summed E-state index contributed by atoms with van der Waals surface area (Å²) in [7, 11) is -2.00. The molecule has 0 aromatic heterocycles. The number of unbranched alkanes of at least 4 members (excludes halogenated alkanes) is 1. The van der Waals surface area contributed by atoms with E-state index in [0.717, 1.165) is 37.1 Å². The van der Waals surface area contributed by atoms with Crippen molar-refractivity contribution in [2.45, 2.75) is 31.1 Å². The number of nitrogens with one attached hydrogen (secondary N) is 1. The number of benzene rings is 2. The predicted molar refractivity (Wildman–Crippen MR) is 99.9 cm³/mol. The van der Waals surface area contributed by atoms with Crippen molar-refractivity contribution in [3.63, 3.8) is 0 Å². The lowest BCUT2D eigenvalue weighted by molar-refractivity contribution is -0.129. The highest BCUT2D eigenvalue weighted by molar-refractivity contribution is 7.92. The maximum Gasteiger partial charge on any atom is 0.261 e. The molecule has 2 aromatic rings. The van der Waals surface area contributed by atoms with E-state index in [1.807, 2.05) is 0 Å². The molecule has 2 rings (SSSR count). The molecule has 1 amide bonds. The van der Waals surface area contributed by atoms with Crippen LogP contribution in [0.2, 0.25) is 0 Å². The van der Waals surface area contributed by atoms with E-state index in [4.69, 9.17) is 0 Å². The molecule has 0 unspecified atom stereocenters. The number of carbonyl (C=O) groups excluding carboxylic acids is 1. The van der Waals surface area contributed by atoms with Gasteiger partial charge in [-0.3, -0.25) is 9.52 Å². The quantitative estimate of drug-likeness (QED) is 0.765. The van der Waals surface area contributed by atoms with E-state index < -0.39 is 15.8 Å². The summed E-state index contributed by atoms with van der Waals surface area (Å²) < 4.78 is 39.9. The van der Waals surface area contributed by atoms with E-state index in [9.17, 15) is 17.6 Å². The van der Waals surface area contributed by atoms with Crippen LogP contribution in [0.25, 0.3) is 0 Å². The van der Waals surface area contributed by atoms with Gasteiger partial charge in [-0.05, 0) is 48.4 Å². The number of hydrogen-bond donors (Lipinski definition) is 1. The van der Waals surface area contributed by atoms with E-state index in [1.165, 1.54) is 12.1 Å². The largest absolute Gasteiger partial charge is 0.345 e. The molecule has 140 valence electrons. The highest BCUT2D eigenvalue weighted by Crippen LogP contribution is 2.17. The molecule has 0 saturated heterocycles. The van der Waals surface area contributed by atoms with E-state index in [0.29, 0.717) is 5.69 Å². The Balaban J connectivity index is 2.01. The molecule has 1 N–H and O–H groups in total. The zero-order chi connectivity index (χ0) is 19.2. The summed E-state index contributed by atoms with van der Waals surface area (Å²) in [5, 5.41) is 0. The van der Waals surface area contributed by atoms with Gasteiger partial charge in [0.2, 0.25) is 5.91 Å².